The summed E-state index contributed by atoms with van der Waals surface area (Å²) in [6.07, 6.45) is -0.598. The van der Waals surface area contributed by atoms with Gasteiger partial charge in [0.15, 0.2) is 0 Å². The van der Waals surface area contributed by atoms with Crippen LogP contribution in [0, 0.1) is 6.92 Å². The number of aliphatic carboxylic acids is 1. The molecule has 1 atom stereocenters. The number of hydrogen-bond acceptors (Lipinski definition) is 4. The smallest absolute Gasteiger partial charge is 0.415 e. The normalized spacial score (nSPS) is 16.9. The largest absolute Gasteiger partial charge is 0.480 e. The minimum atomic E-state index is -1.13. The van der Waals surface area contributed by atoms with Crippen molar-refractivity contribution >= 4 is 23.7 Å². The van der Waals surface area contributed by atoms with Gasteiger partial charge in [0.1, 0.15) is 11.6 Å². The first kappa shape index (κ1) is 16.8. The Labute approximate surface area is 134 Å². The highest BCUT2D eigenvalue weighted by molar-refractivity contribution is 6.01. The molecule has 2 amide bonds. The van der Waals surface area contributed by atoms with Gasteiger partial charge in [0.2, 0.25) is 5.91 Å². The Hall–Kier alpha value is -2.57. The summed E-state index contributed by atoms with van der Waals surface area (Å²) in [4.78, 5) is 36.5. The zero-order valence-corrected chi connectivity index (χ0v) is 13.5. The second-order valence-electron chi connectivity index (χ2n) is 6.56. The Morgan fingerprint density at radius 3 is 2.39 bits per heavy atom. The van der Waals surface area contributed by atoms with Crippen LogP contribution in [0.1, 0.15) is 42.3 Å². The molecule has 0 saturated carbocycles. The third-order valence-electron chi connectivity index (χ3n) is 3.58. The van der Waals surface area contributed by atoms with Gasteiger partial charge in [0.25, 0.3) is 0 Å². The molecule has 1 heterocycles. The maximum Gasteiger partial charge on any atom is 0.415 e. The molecule has 7 nitrogen and oxygen atoms in total. The summed E-state index contributed by atoms with van der Waals surface area (Å²) >= 11 is 0. The molecule has 0 saturated heterocycles. The molecule has 1 unspecified atom stereocenters. The van der Waals surface area contributed by atoms with Gasteiger partial charge in [-0.2, -0.15) is 0 Å². The molecule has 0 fully saturated rings. The molecule has 0 aliphatic carbocycles. The fourth-order valence-electron chi connectivity index (χ4n) is 2.61. The second-order valence-corrected chi connectivity index (χ2v) is 6.56. The van der Waals surface area contributed by atoms with E-state index < -0.39 is 29.6 Å². The molecule has 3 N–H and O–H groups in total. The summed E-state index contributed by atoms with van der Waals surface area (Å²) in [6, 6.07) is 1.97. The number of fused-ring (bicyclic) bond motifs is 1. The number of nitrogens with zero attached hydrogens (tertiary/aromatic N) is 1. The van der Waals surface area contributed by atoms with E-state index in [4.69, 9.17) is 10.5 Å². The standard InChI is InChI=1S/C16H20N2O5/c1-8-5-9(13(17)19)6-11-10(8)7-12(14(20)21)18(11)15(22)23-16(2,3)4/h5-6,12H,7H2,1-4H3,(H2,17,19)(H,20,21). The van der Waals surface area contributed by atoms with Crippen LogP contribution in [0.4, 0.5) is 10.5 Å². The lowest BCUT2D eigenvalue weighted by Crippen LogP contribution is -2.45. The van der Waals surface area contributed by atoms with Gasteiger partial charge in [-0.1, -0.05) is 0 Å². The highest BCUT2D eigenvalue weighted by Crippen LogP contribution is 2.36. The third kappa shape index (κ3) is 3.28. The fraction of sp³-hybridized carbons (Fsp3) is 0.438. The topological polar surface area (TPSA) is 110 Å². The molecule has 1 aromatic carbocycles. The molecule has 1 aromatic rings. The van der Waals surface area contributed by atoms with Gasteiger partial charge >= 0.3 is 12.1 Å². The van der Waals surface area contributed by atoms with Crippen LogP contribution in [0.3, 0.4) is 0 Å². The van der Waals surface area contributed by atoms with E-state index in [2.05, 4.69) is 0 Å². The first-order chi connectivity index (χ1) is 10.5. The number of carboxylic acid groups (broad SMARTS) is 1. The zero-order chi connectivity index (χ0) is 17.5. The lowest BCUT2D eigenvalue weighted by molar-refractivity contribution is -0.138. The van der Waals surface area contributed by atoms with E-state index in [1.807, 2.05) is 0 Å². The van der Waals surface area contributed by atoms with Gasteiger partial charge in [0, 0.05) is 12.0 Å². The Kier molecular flexibility index (Phi) is 4.07. The SMILES string of the molecule is Cc1cc(C(N)=O)cc2c1CC(C(=O)O)N2C(=O)OC(C)(C)C. The fourth-order valence-corrected chi connectivity index (χ4v) is 2.61. The molecule has 0 spiro atoms. The van der Waals surface area contributed by atoms with Crippen molar-refractivity contribution in [3.8, 4) is 0 Å². The second kappa shape index (κ2) is 5.57. The molecule has 0 aromatic heterocycles. The van der Waals surface area contributed by atoms with Gasteiger partial charge in [-0.25, -0.2) is 9.59 Å². The Bertz CT molecular complexity index is 690. The highest BCUT2D eigenvalue weighted by atomic mass is 16.6. The van der Waals surface area contributed by atoms with E-state index in [0.717, 1.165) is 4.90 Å². The van der Waals surface area contributed by atoms with Crippen LogP contribution >= 0.6 is 0 Å². The number of carboxylic acids is 1. The van der Waals surface area contributed by atoms with Gasteiger partial charge in [0.05, 0.1) is 5.69 Å². The third-order valence-corrected chi connectivity index (χ3v) is 3.58. The molecular formula is C16H20N2O5. The minimum absolute atomic E-state index is 0.161. The minimum Gasteiger partial charge on any atom is -0.480 e. The Morgan fingerprint density at radius 2 is 1.91 bits per heavy atom. The quantitative estimate of drug-likeness (QED) is 0.864. The summed E-state index contributed by atoms with van der Waals surface area (Å²) in [5.41, 5.74) is 6.54. The van der Waals surface area contributed by atoms with Crippen LogP contribution in [-0.2, 0) is 16.0 Å². The number of amides is 2. The number of nitrogens with two attached hydrogens (primary N) is 1. The summed E-state index contributed by atoms with van der Waals surface area (Å²) in [7, 11) is 0. The molecule has 23 heavy (non-hydrogen) atoms. The van der Waals surface area contributed by atoms with Crippen LogP contribution in [0.15, 0.2) is 12.1 Å². The van der Waals surface area contributed by atoms with E-state index in [1.54, 1.807) is 33.8 Å². The van der Waals surface area contributed by atoms with Crippen molar-refractivity contribution in [2.75, 3.05) is 4.90 Å². The summed E-state index contributed by atoms with van der Waals surface area (Å²) in [5.74, 6) is -1.77. The number of rotatable bonds is 2. The molecule has 0 bridgehead atoms. The molecule has 0 radical (unpaired) electrons. The van der Waals surface area contributed by atoms with Crippen LogP contribution in [0.2, 0.25) is 0 Å². The average molecular weight is 320 g/mol. The van der Waals surface area contributed by atoms with E-state index in [0.29, 0.717) is 16.8 Å². The predicted octanol–water partition coefficient (Wildman–Crippen LogP) is 1.84. The van der Waals surface area contributed by atoms with Crippen molar-refractivity contribution in [3.63, 3.8) is 0 Å². The first-order valence-electron chi connectivity index (χ1n) is 7.19. The molecule has 124 valence electrons. The lowest BCUT2D eigenvalue weighted by atomic mass is 10.0. The molecule has 7 heteroatoms. The van der Waals surface area contributed by atoms with Gasteiger partial charge in [-0.05, 0) is 51.0 Å². The zero-order valence-electron chi connectivity index (χ0n) is 13.5. The van der Waals surface area contributed by atoms with Crippen LogP contribution < -0.4 is 10.6 Å². The van der Waals surface area contributed by atoms with Crippen molar-refractivity contribution in [3.05, 3.63) is 28.8 Å². The van der Waals surface area contributed by atoms with Crippen molar-refractivity contribution in [1.29, 1.82) is 0 Å². The monoisotopic (exact) mass is 320 g/mol. The van der Waals surface area contributed by atoms with E-state index in [1.165, 1.54) is 6.07 Å². The van der Waals surface area contributed by atoms with E-state index in [-0.39, 0.29) is 12.0 Å². The maximum absolute atomic E-state index is 12.5. The summed E-state index contributed by atoms with van der Waals surface area (Å²) < 4.78 is 5.31. The van der Waals surface area contributed by atoms with Crippen molar-refractivity contribution in [2.45, 2.75) is 45.8 Å². The predicted molar refractivity (Wildman–Crippen MR) is 83.5 cm³/mol. The van der Waals surface area contributed by atoms with Crippen LogP contribution in [0.5, 0.6) is 0 Å². The van der Waals surface area contributed by atoms with Gasteiger partial charge < -0.3 is 15.6 Å². The van der Waals surface area contributed by atoms with E-state index in [9.17, 15) is 19.5 Å². The highest BCUT2D eigenvalue weighted by Gasteiger charge is 2.41. The Balaban J connectivity index is 2.54. The summed E-state index contributed by atoms with van der Waals surface area (Å²) in [6.45, 7) is 6.84. The number of benzene rings is 1. The number of aryl methyl sites for hydroxylation is 1. The Morgan fingerprint density at radius 1 is 1.30 bits per heavy atom. The molecular weight excluding hydrogens is 300 g/mol. The number of carbonyl (C=O) groups is 3. The average Bonchev–Trinajstić information content (AvgIpc) is 2.76. The van der Waals surface area contributed by atoms with Crippen molar-refractivity contribution in [2.24, 2.45) is 5.73 Å². The van der Waals surface area contributed by atoms with Gasteiger partial charge in [-0.15, -0.1) is 0 Å². The van der Waals surface area contributed by atoms with Gasteiger partial charge in [-0.3, -0.25) is 9.69 Å². The van der Waals surface area contributed by atoms with Crippen molar-refractivity contribution in [1.82, 2.24) is 0 Å². The van der Waals surface area contributed by atoms with Crippen LogP contribution in [-0.4, -0.2) is 34.7 Å². The maximum atomic E-state index is 12.5. The number of carbonyl (C=O) groups excluding carboxylic acids is 2. The first-order valence-corrected chi connectivity index (χ1v) is 7.19. The summed E-state index contributed by atoms with van der Waals surface area (Å²) in [5, 5.41) is 9.43. The van der Waals surface area contributed by atoms with E-state index >= 15 is 0 Å². The molecule has 1 aliphatic heterocycles. The number of primary amides is 1. The number of ether oxygens (including phenoxy) is 1. The number of anilines is 1. The van der Waals surface area contributed by atoms with Crippen molar-refractivity contribution < 1.29 is 24.2 Å². The van der Waals surface area contributed by atoms with Crippen LogP contribution in [0.25, 0.3) is 0 Å². The molecule has 1 aliphatic rings. The lowest BCUT2D eigenvalue weighted by Gasteiger charge is -2.27. The number of hydrogen-bond donors (Lipinski definition) is 2. The molecule has 2 rings (SSSR count).